The predicted molar refractivity (Wildman–Crippen MR) is 42.3 cm³/mol. The average molecular weight is 167 g/mol. The quantitative estimate of drug-likeness (QED) is 0.397. The van der Waals surface area contributed by atoms with E-state index in [0.717, 1.165) is 5.69 Å². The van der Waals surface area contributed by atoms with Crippen LogP contribution in [-0.4, -0.2) is 11.0 Å². The second-order valence-corrected chi connectivity index (χ2v) is 2.78. The number of benzene rings is 1. The summed E-state index contributed by atoms with van der Waals surface area (Å²) in [5.74, 6) is -0.444. The zero-order valence-electron chi connectivity index (χ0n) is 6.57. The van der Waals surface area contributed by atoms with Crippen LogP contribution in [-0.2, 0) is 9.78 Å². The number of rotatable bonds is 2. The highest BCUT2D eigenvalue weighted by Crippen LogP contribution is 2.30. The van der Waals surface area contributed by atoms with Gasteiger partial charge in [0.2, 0.25) is 0 Å². The molecule has 1 fully saturated rings. The molecule has 1 aromatic carbocycles. The lowest BCUT2D eigenvalue weighted by molar-refractivity contribution is 0.0850. The van der Waals surface area contributed by atoms with Crippen LogP contribution in [0.4, 0.5) is 5.69 Å². The van der Waals surface area contributed by atoms with Crippen LogP contribution in [0.1, 0.15) is 6.92 Å². The van der Waals surface area contributed by atoms with Gasteiger partial charge in [0.25, 0.3) is 0 Å². The molecule has 1 saturated heterocycles. The molecule has 2 rings (SSSR count). The van der Waals surface area contributed by atoms with Gasteiger partial charge in [0.1, 0.15) is 5.75 Å². The van der Waals surface area contributed by atoms with Gasteiger partial charge in [0.05, 0.1) is 0 Å². The summed E-state index contributed by atoms with van der Waals surface area (Å²) >= 11 is 0. The summed E-state index contributed by atoms with van der Waals surface area (Å²) in [7, 11) is 0. The highest BCUT2D eigenvalue weighted by molar-refractivity contribution is 5.47. The number of nitrogens with one attached hydrogen (secondary N) is 1. The Balaban J connectivity index is 2.08. The summed E-state index contributed by atoms with van der Waals surface area (Å²) < 4.78 is 0. The van der Waals surface area contributed by atoms with Gasteiger partial charge in [-0.2, -0.15) is 9.78 Å². The lowest BCUT2D eigenvalue weighted by Gasteiger charge is -2.05. The Hall–Kier alpha value is -1.26. The topological polar surface area (TPSA) is 57.3 Å². The van der Waals surface area contributed by atoms with Gasteiger partial charge < -0.3 is 10.4 Å². The van der Waals surface area contributed by atoms with Crippen LogP contribution in [0.15, 0.2) is 24.3 Å². The van der Waals surface area contributed by atoms with E-state index in [0.29, 0.717) is 0 Å². The van der Waals surface area contributed by atoms with Crippen molar-refractivity contribution in [2.75, 3.05) is 5.32 Å². The van der Waals surface area contributed by atoms with Crippen molar-refractivity contribution in [3.63, 3.8) is 0 Å². The van der Waals surface area contributed by atoms with Crippen molar-refractivity contribution in [1.29, 1.82) is 0 Å². The fraction of sp³-hybridized carbons (Fsp3) is 0.250. The molecule has 0 aromatic heterocycles. The third-order valence-electron chi connectivity index (χ3n) is 1.57. The van der Waals surface area contributed by atoms with E-state index in [1.807, 2.05) is 0 Å². The third kappa shape index (κ3) is 1.49. The van der Waals surface area contributed by atoms with Gasteiger partial charge in [0.15, 0.2) is 0 Å². The molecule has 12 heavy (non-hydrogen) atoms. The second-order valence-electron chi connectivity index (χ2n) is 2.78. The van der Waals surface area contributed by atoms with E-state index >= 15 is 0 Å². The molecule has 2 N–H and O–H groups in total. The highest BCUT2D eigenvalue weighted by Gasteiger charge is 2.43. The molecule has 1 heterocycles. The van der Waals surface area contributed by atoms with Gasteiger partial charge >= 0.3 is 5.91 Å². The van der Waals surface area contributed by atoms with E-state index in [4.69, 9.17) is 5.11 Å². The second kappa shape index (κ2) is 2.36. The molecule has 0 bridgehead atoms. The van der Waals surface area contributed by atoms with Crippen molar-refractivity contribution in [3.8, 4) is 5.75 Å². The molecule has 1 aliphatic heterocycles. The first kappa shape index (κ1) is 7.39. The molecule has 0 saturated carbocycles. The molecule has 1 aromatic rings. The number of anilines is 1. The van der Waals surface area contributed by atoms with E-state index in [1.165, 1.54) is 0 Å². The summed E-state index contributed by atoms with van der Waals surface area (Å²) in [4.78, 5) is 9.31. The van der Waals surface area contributed by atoms with Gasteiger partial charge in [-0.3, -0.25) is 0 Å². The Labute approximate surface area is 69.7 Å². The molecule has 0 radical (unpaired) electrons. The molecule has 0 unspecified atom stereocenters. The highest BCUT2D eigenvalue weighted by atomic mass is 17.4. The number of hydrogen-bond acceptors (Lipinski definition) is 4. The smallest absolute Gasteiger partial charge is 0.305 e. The molecule has 4 nitrogen and oxygen atoms in total. The molecule has 64 valence electrons. The van der Waals surface area contributed by atoms with Crippen LogP contribution in [0.25, 0.3) is 0 Å². The maximum Gasteiger partial charge on any atom is 0.305 e. The molecule has 0 aliphatic carbocycles. The Morgan fingerprint density at radius 1 is 1.25 bits per heavy atom. The maximum absolute atomic E-state index is 8.98. The summed E-state index contributed by atoms with van der Waals surface area (Å²) in [5, 5.41) is 11.9. The number of phenols is 1. The predicted octanol–water partition coefficient (Wildman–Crippen LogP) is 1.44. The molecule has 0 amide bonds. The summed E-state index contributed by atoms with van der Waals surface area (Å²) in [5.41, 5.74) is 0.841. The van der Waals surface area contributed by atoms with Crippen molar-refractivity contribution in [2.45, 2.75) is 12.8 Å². The zero-order chi connectivity index (χ0) is 8.60. The van der Waals surface area contributed by atoms with E-state index in [1.54, 1.807) is 31.2 Å². The number of phenolic OH excluding ortho intramolecular Hbond substituents is 1. The van der Waals surface area contributed by atoms with E-state index in [2.05, 4.69) is 15.1 Å². The summed E-state index contributed by atoms with van der Waals surface area (Å²) in [6.45, 7) is 1.76. The third-order valence-corrected chi connectivity index (χ3v) is 1.57. The summed E-state index contributed by atoms with van der Waals surface area (Å²) in [6.07, 6.45) is 0. The lowest BCUT2D eigenvalue weighted by Crippen LogP contribution is -2.17. The van der Waals surface area contributed by atoms with E-state index in [9.17, 15) is 0 Å². The monoisotopic (exact) mass is 167 g/mol. The van der Waals surface area contributed by atoms with E-state index in [-0.39, 0.29) is 5.75 Å². The van der Waals surface area contributed by atoms with Crippen LogP contribution in [0, 0.1) is 0 Å². The Kier molecular flexibility index (Phi) is 1.46. The van der Waals surface area contributed by atoms with Gasteiger partial charge in [-0.25, -0.2) is 0 Å². The van der Waals surface area contributed by atoms with Crippen LogP contribution < -0.4 is 5.32 Å². The SMILES string of the molecule is CC1(Nc2ccc(O)cc2)OO1. The van der Waals surface area contributed by atoms with E-state index < -0.39 is 5.91 Å². The lowest BCUT2D eigenvalue weighted by atomic mass is 10.3. The first-order valence-electron chi connectivity index (χ1n) is 3.62. The summed E-state index contributed by atoms with van der Waals surface area (Å²) in [6, 6.07) is 6.67. The van der Waals surface area contributed by atoms with Crippen molar-refractivity contribution in [2.24, 2.45) is 0 Å². The first-order chi connectivity index (χ1) is 5.68. The first-order valence-corrected chi connectivity index (χ1v) is 3.62. The van der Waals surface area contributed by atoms with Crippen molar-refractivity contribution in [3.05, 3.63) is 24.3 Å². The minimum atomic E-state index is -0.684. The fourth-order valence-corrected chi connectivity index (χ4v) is 0.911. The molecule has 0 spiro atoms. The average Bonchev–Trinajstić information content (AvgIpc) is 2.74. The maximum atomic E-state index is 8.98. The number of hydrogen-bond donors (Lipinski definition) is 2. The fourth-order valence-electron chi connectivity index (χ4n) is 0.911. The largest absolute Gasteiger partial charge is 0.508 e. The van der Waals surface area contributed by atoms with Crippen molar-refractivity contribution < 1.29 is 14.9 Å². The Morgan fingerprint density at radius 3 is 2.33 bits per heavy atom. The number of aromatic hydroxyl groups is 1. The van der Waals surface area contributed by atoms with Gasteiger partial charge in [-0.1, -0.05) is 0 Å². The van der Waals surface area contributed by atoms with Crippen LogP contribution in [0.5, 0.6) is 5.75 Å². The Morgan fingerprint density at radius 2 is 1.83 bits per heavy atom. The van der Waals surface area contributed by atoms with Crippen molar-refractivity contribution >= 4 is 5.69 Å². The van der Waals surface area contributed by atoms with Crippen LogP contribution >= 0.6 is 0 Å². The molecule has 1 aliphatic rings. The molecule has 0 atom stereocenters. The standard InChI is InChI=1S/C8H9NO3/c1-8(11-12-8)9-6-2-4-7(10)5-3-6/h2-5,9-10H,1H3. The molecular weight excluding hydrogens is 158 g/mol. The minimum absolute atomic E-state index is 0.239. The van der Waals surface area contributed by atoms with Gasteiger partial charge in [-0.15, -0.1) is 0 Å². The van der Waals surface area contributed by atoms with Gasteiger partial charge in [0, 0.05) is 12.6 Å². The van der Waals surface area contributed by atoms with Gasteiger partial charge in [-0.05, 0) is 24.3 Å². The molecule has 4 heteroatoms. The molecular formula is C8H9NO3. The minimum Gasteiger partial charge on any atom is -0.508 e. The van der Waals surface area contributed by atoms with Crippen molar-refractivity contribution in [1.82, 2.24) is 0 Å². The van der Waals surface area contributed by atoms with Crippen LogP contribution in [0.2, 0.25) is 0 Å². The van der Waals surface area contributed by atoms with Crippen LogP contribution in [0.3, 0.4) is 0 Å². The Bertz CT molecular complexity index is 279. The zero-order valence-corrected chi connectivity index (χ0v) is 6.57. The normalized spacial score (nSPS) is 18.8.